The van der Waals surface area contributed by atoms with Crippen molar-refractivity contribution in [2.45, 2.75) is 18.4 Å². The van der Waals surface area contributed by atoms with Crippen LogP contribution >= 0.6 is 12.4 Å². The summed E-state index contributed by atoms with van der Waals surface area (Å²) in [6.07, 6.45) is 0.820. The molecule has 0 aromatic heterocycles. The summed E-state index contributed by atoms with van der Waals surface area (Å²) in [5.41, 5.74) is -1.15. The first-order valence-corrected chi connectivity index (χ1v) is 5.01. The number of aliphatic hydroxyl groups is 1. The highest BCUT2D eigenvalue weighted by atomic mass is 35.5. The first kappa shape index (κ1) is 13.4. The third-order valence-corrected chi connectivity index (χ3v) is 2.88. The van der Waals surface area contributed by atoms with E-state index >= 15 is 0 Å². The van der Waals surface area contributed by atoms with Crippen LogP contribution in [0, 0.1) is 11.6 Å². The Morgan fingerprint density at radius 1 is 1.19 bits per heavy atom. The fourth-order valence-electron chi connectivity index (χ4n) is 1.97. The molecule has 1 heterocycles. The number of rotatable bonds is 1. The van der Waals surface area contributed by atoms with Crippen molar-refractivity contribution in [3.63, 3.8) is 0 Å². The van der Waals surface area contributed by atoms with E-state index in [4.69, 9.17) is 0 Å². The Bertz CT molecular complexity index is 367. The summed E-state index contributed by atoms with van der Waals surface area (Å²) < 4.78 is 26.5. The molecule has 1 aliphatic heterocycles. The largest absolute Gasteiger partial charge is 0.385 e. The van der Waals surface area contributed by atoms with E-state index in [-0.39, 0.29) is 18.0 Å². The second kappa shape index (κ2) is 5.08. The summed E-state index contributed by atoms with van der Waals surface area (Å²) in [5.74, 6) is -1.83. The Labute approximate surface area is 99.1 Å². The van der Waals surface area contributed by atoms with E-state index in [0.29, 0.717) is 25.9 Å². The molecule has 0 radical (unpaired) electrons. The first-order chi connectivity index (χ1) is 7.13. The molecule has 1 saturated heterocycles. The summed E-state index contributed by atoms with van der Waals surface area (Å²) in [6, 6.07) is 3.93. The van der Waals surface area contributed by atoms with E-state index in [9.17, 15) is 13.9 Å². The monoisotopic (exact) mass is 249 g/mol. The molecule has 0 amide bonds. The highest BCUT2D eigenvalue weighted by Crippen LogP contribution is 2.32. The van der Waals surface area contributed by atoms with E-state index in [1.54, 1.807) is 0 Å². The van der Waals surface area contributed by atoms with Crippen molar-refractivity contribution >= 4 is 12.4 Å². The SMILES string of the molecule is Cl.OC1(c2cccc(F)c2F)CCNCC1. The lowest BCUT2D eigenvalue weighted by molar-refractivity contribution is 0.00219. The summed E-state index contributed by atoms with van der Waals surface area (Å²) in [5, 5.41) is 13.3. The van der Waals surface area contributed by atoms with Gasteiger partial charge in [0.1, 0.15) is 0 Å². The standard InChI is InChI=1S/C11H13F2NO.ClH/c12-9-3-1-2-8(10(9)13)11(15)4-6-14-7-5-11;/h1-3,14-15H,4-7H2;1H. The van der Waals surface area contributed by atoms with Gasteiger partial charge in [-0.05, 0) is 32.0 Å². The van der Waals surface area contributed by atoms with E-state index in [1.807, 2.05) is 0 Å². The van der Waals surface area contributed by atoms with Crippen molar-refractivity contribution in [2.75, 3.05) is 13.1 Å². The summed E-state index contributed by atoms with van der Waals surface area (Å²) in [7, 11) is 0. The van der Waals surface area contributed by atoms with E-state index in [2.05, 4.69) is 5.32 Å². The van der Waals surface area contributed by atoms with Crippen molar-refractivity contribution < 1.29 is 13.9 Å². The Morgan fingerprint density at radius 2 is 1.81 bits per heavy atom. The maximum atomic E-state index is 13.5. The highest BCUT2D eigenvalue weighted by molar-refractivity contribution is 5.85. The lowest BCUT2D eigenvalue weighted by atomic mass is 9.85. The predicted octanol–water partition coefficient (Wildman–Crippen LogP) is 1.96. The lowest BCUT2D eigenvalue weighted by Gasteiger charge is -2.33. The van der Waals surface area contributed by atoms with Gasteiger partial charge in [-0.15, -0.1) is 12.4 Å². The molecule has 1 aliphatic rings. The van der Waals surface area contributed by atoms with Crippen molar-refractivity contribution in [3.8, 4) is 0 Å². The van der Waals surface area contributed by atoms with Gasteiger partial charge in [0.05, 0.1) is 5.60 Å². The van der Waals surface area contributed by atoms with Crippen LogP contribution in [0.15, 0.2) is 18.2 Å². The fourth-order valence-corrected chi connectivity index (χ4v) is 1.97. The molecular formula is C11H14ClF2NO. The van der Waals surface area contributed by atoms with Crippen molar-refractivity contribution in [1.82, 2.24) is 5.32 Å². The molecule has 0 unspecified atom stereocenters. The highest BCUT2D eigenvalue weighted by Gasteiger charge is 2.34. The third kappa shape index (κ3) is 2.34. The quantitative estimate of drug-likeness (QED) is 0.798. The maximum Gasteiger partial charge on any atom is 0.164 e. The van der Waals surface area contributed by atoms with Gasteiger partial charge in [-0.2, -0.15) is 0 Å². The number of halogens is 3. The molecule has 2 rings (SSSR count). The van der Waals surface area contributed by atoms with Crippen LogP contribution in [0.3, 0.4) is 0 Å². The maximum absolute atomic E-state index is 13.5. The second-order valence-electron chi connectivity index (χ2n) is 3.88. The van der Waals surface area contributed by atoms with Gasteiger partial charge in [-0.25, -0.2) is 8.78 Å². The molecule has 0 saturated carbocycles. The van der Waals surface area contributed by atoms with Crippen LogP contribution in [-0.2, 0) is 5.60 Å². The zero-order valence-electron chi connectivity index (χ0n) is 8.67. The molecule has 1 fully saturated rings. The van der Waals surface area contributed by atoms with E-state index in [1.165, 1.54) is 12.1 Å². The Morgan fingerprint density at radius 3 is 2.44 bits per heavy atom. The molecule has 2 nitrogen and oxygen atoms in total. The summed E-state index contributed by atoms with van der Waals surface area (Å²) in [4.78, 5) is 0. The first-order valence-electron chi connectivity index (χ1n) is 5.01. The summed E-state index contributed by atoms with van der Waals surface area (Å²) in [6.45, 7) is 1.24. The van der Waals surface area contributed by atoms with Crippen molar-refractivity contribution in [2.24, 2.45) is 0 Å². The van der Waals surface area contributed by atoms with Crippen LogP contribution in [0.2, 0.25) is 0 Å². The van der Waals surface area contributed by atoms with Crippen LogP contribution in [0.5, 0.6) is 0 Å². The lowest BCUT2D eigenvalue weighted by Crippen LogP contribution is -2.40. The molecule has 0 bridgehead atoms. The van der Waals surface area contributed by atoms with Gasteiger partial charge in [0.2, 0.25) is 0 Å². The third-order valence-electron chi connectivity index (χ3n) is 2.88. The van der Waals surface area contributed by atoms with Gasteiger partial charge >= 0.3 is 0 Å². The van der Waals surface area contributed by atoms with Gasteiger partial charge in [0, 0.05) is 5.56 Å². The average Bonchev–Trinajstić information content (AvgIpc) is 2.23. The normalized spacial score (nSPS) is 18.9. The molecule has 2 N–H and O–H groups in total. The van der Waals surface area contributed by atoms with E-state index < -0.39 is 17.2 Å². The molecule has 1 aromatic rings. The van der Waals surface area contributed by atoms with Gasteiger partial charge in [0.15, 0.2) is 11.6 Å². The predicted molar refractivity (Wildman–Crippen MR) is 59.6 cm³/mol. The minimum atomic E-state index is -1.22. The minimum Gasteiger partial charge on any atom is -0.385 e. The average molecular weight is 250 g/mol. The smallest absolute Gasteiger partial charge is 0.164 e. The molecule has 5 heteroatoms. The van der Waals surface area contributed by atoms with Gasteiger partial charge in [-0.1, -0.05) is 12.1 Å². The molecule has 90 valence electrons. The summed E-state index contributed by atoms with van der Waals surface area (Å²) >= 11 is 0. The number of hydrogen-bond donors (Lipinski definition) is 2. The van der Waals surface area contributed by atoms with Crippen LogP contribution in [0.25, 0.3) is 0 Å². The molecule has 0 aliphatic carbocycles. The van der Waals surface area contributed by atoms with Crippen LogP contribution in [-0.4, -0.2) is 18.2 Å². The molecule has 1 aromatic carbocycles. The van der Waals surface area contributed by atoms with Crippen LogP contribution < -0.4 is 5.32 Å². The molecule has 0 spiro atoms. The molecule has 16 heavy (non-hydrogen) atoms. The van der Waals surface area contributed by atoms with Gasteiger partial charge < -0.3 is 10.4 Å². The topological polar surface area (TPSA) is 32.3 Å². The number of piperidine rings is 1. The van der Waals surface area contributed by atoms with Gasteiger partial charge in [0.25, 0.3) is 0 Å². The number of benzene rings is 1. The number of hydrogen-bond acceptors (Lipinski definition) is 2. The Hall–Kier alpha value is -0.710. The molecule has 0 atom stereocenters. The Balaban J connectivity index is 0.00000128. The van der Waals surface area contributed by atoms with E-state index in [0.717, 1.165) is 6.07 Å². The van der Waals surface area contributed by atoms with Gasteiger partial charge in [-0.3, -0.25) is 0 Å². The Kier molecular flexibility index (Phi) is 4.24. The fraction of sp³-hybridized carbons (Fsp3) is 0.455. The number of nitrogens with one attached hydrogen (secondary N) is 1. The minimum absolute atomic E-state index is 0. The second-order valence-corrected chi connectivity index (χ2v) is 3.88. The van der Waals surface area contributed by atoms with Crippen molar-refractivity contribution in [3.05, 3.63) is 35.4 Å². The zero-order chi connectivity index (χ0) is 10.9. The zero-order valence-corrected chi connectivity index (χ0v) is 9.49. The van der Waals surface area contributed by atoms with Crippen molar-refractivity contribution in [1.29, 1.82) is 0 Å². The van der Waals surface area contributed by atoms with Crippen LogP contribution in [0.1, 0.15) is 18.4 Å². The molecular weight excluding hydrogens is 236 g/mol. The van der Waals surface area contributed by atoms with Crippen LogP contribution in [0.4, 0.5) is 8.78 Å².